The summed E-state index contributed by atoms with van der Waals surface area (Å²) in [5, 5.41) is 21.3. The van der Waals surface area contributed by atoms with E-state index in [1.807, 2.05) is 5.32 Å². The molecule has 0 bridgehead atoms. The van der Waals surface area contributed by atoms with E-state index in [2.05, 4.69) is 0 Å². The highest BCUT2D eigenvalue weighted by molar-refractivity contribution is 6.31. The van der Waals surface area contributed by atoms with Crippen LogP contribution in [-0.4, -0.2) is 37.8 Å². The lowest BCUT2D eigenvalue weighted by atomic mass is 10.2. The van der Waals surface area contributed by atoms with Crippen molar-refractivity contribution in [3.05, 3.63) is 68.8 Å². The maximum Gasteiger partial charge on any atom is 0.322 e. The third-order valence-electron chi connectivity index (χ3n) is 3.83. The van der Waals surface area contributed by atoms with Gasteiger partial charge >= 0.3 is 5.97 Å². The molecule has 3 rings (SSSR count). The number of aromatic nitrogens is 2. The van der Waals surface area contributed by atoms with E-state index in [0.717, 1.165) is 4.68 Å². The molecule has 0 aliphatic heterocycles. The van der Waals surface area contributed by atoms with Gasteiger partial charge in [-0.25, -0.2) is 9.07 Å². The molecule has 10 heteroatoms. The van der Waals surface area contributed by atoms with Crippen LogP contribution in [0.3, 0.4) is 0 Å². The van der Waals surface area contributed by atoms with Gasteiger partial charge in [-0.3, -0.25) is 18.9 Å². The number of carboxylic acids is 1. The van der Waals surface area contributed by atoms with E-state index in [1.54, 1.807) is 0 Å². The Morgan fingerprint density at radius 3 is 2.52 bits per heavy atom. The first-order chi connectivity index (χ1) is 12.8. The number of hydrogen-bond donors (Lipinski definition) is 3. The van der Waals surface area contributed by atoms with Crippen molar-refractivity contribution in [3.8, 4) is 5.75 Å². The normalized spacial score (nSPS) is 10.9. The number of rotatable bonds is 5. The Labute approximate surface area is 156 Å². The maximum absolute atomic E-state index is 13.1. The molecule has 2 aromatic heterocycles. The maximum atomic E-state index is 13.1. The van der Waals surface area contributed by atoms with Crippen molar-refractivity contribution in [1.82, 2.24) is 14.5 Å². The number of carbonyl (C=O) groups is 2. The summed E-state index contributed by atoms with van der Waals surface area (Å²) in [6, 6.07) is 6.74. The number of aliphatic carboxylic acids is 1. The molecule has 0 unspecified atom stereocenters. The summed E-state index contributed by atoms with van der Waals surface area (Å²) in [4.78, 5) is 35.7. The van der Waals surface area contributed by atoms with E-state index in [-0.39, 0.29) is 17.1 Å². The fourth-order valence-electron chi connectivity index (χ4n) is 2.61. The van der Waals surface area contributed by atoms with Crippen LogP contribution in [0.4, 0.5) is 4.39 Å². The van der Waals surface area contributed by atoms with Crippen LogP contribution in [-0.2, 0) is 11.3 Å². The van der Waals surface area contributed by atoms with E-state index < -0.39 is 41.1 Å². The van der Waals surface area contributed by atoms with Crippen LogP contribution in [0, 0.1) is 5.82 Å². The van der Waals surface area contributed by atoms with Crippen LogP contribution in [0.1, 0.15) is 15.9 Å². The highest BCUT2D eigenvalue weighted by Crippen LogP contribution is 2.25. The van der Waals surface area contributed by atoms with E-state index >= 15 is 0 Å². The summed E-state index contributed by atoms with van der Waals surface area (Å²) in [5.41, 5.74) is -0.825. The molecule has 0 atom stereocenters. The van der Waals surface area contributed by atoms with E-state index in [0.29, 0.717) is 5.56 Å². The molecule has 3 aromatic rings. The largest absolute Gasteiger partial charge is 0.505 e. The molecule has 0 aliphatic carbocycles. The molecule has 140 valence electrons. The van der Waals surface area contributed by atoms with Gasteiger partial charge in [-0.05, 0) is 23.8 Å². The summed E-state index contributed by atoms with van der Waals surface area (Å²) in [7, 11) is 0. The first-order valence-corrected chi connectivity index (χ1v) is 8.04. The Bertz CT molecular complexity index is 1100. The molecule has 8 nitrogen and oxygen atoms in total. The number of benzene rings is 1. The molecule has 0 aliphatic rings. The molecule has 3 N–H and O–H groups in total. The van der Waals surface area contributed by atoms with Gasteiger partial charge in [0.15, 0.2) is 5.75 Å². The number of carboxylic acid groups (broad SMARTS) is 1. The standard InChI is InChI=1S/C17H13ClFN3O5/c18-10-5-12-15(25)14(16(26)20-6-13(23)24)17(27)22(21(12)8-10)7-9-1-3-11(19)4-2-9/h1-5,8,25H,6-7H2,(H,20,26)(H,23,24). The number of halogens is 2. The zero-order valence-corrected chi connectivity index (χ0v) is 14.4. The Morgan fingerprint density at radius 2 is 1.89 bits per heavy atom. The minimum Gasteiger partial charge on any atom is -0.505 e. The lowest BCUT2D eigenvalue weighted by molar-refractivity contribution is -0.135. The quantitative estimate of drug-likeness (QED) is 0.607. The highest BCUT2D eigenvalue weighted by Gasteiger charge is 2.23. The number of carbonyl (C=O) groups excluding carboxylic acids is 1. The van der Waals surface area contributed by atoms with Gasteiger partial charge < -0.3 is 15.5 Å². The first-order valence-electron chi connectivity index (χ1n) is 7.66. The molecule has 27 heavy (non-hydrogen) atoms. The van der Waals surface area contributed by atoms with Crippen LogP contribution >= 0.6 is 11.6 Å². The van der Waals surface area contributed by atoms with Crippen molar-refractivity contribution in [3.63, 3.8) is 0 Å². The predicted octanol–water partition coefficient (Wildman–Crippen LogP) is 1.46. The molecular formula is C17H13ClFN3O5. The van der Waals surface area contributed by atoms with Gasteiger partial charge in [0.2, 0.25) is 0 Å². The van der Waals surface area contributed by atoms with Gasteiger partial charge in [-0.15, -0.1) is 0 Å². The van der Waals surface area contributed by atoms with Gasteiger partial charge in [-0.2, -0.15) is 0 Å². The third-order valence-corrected chi connectivity index (χ3v) is 4.03. The van der Waals surface area contributed by atoms with E-state index in [9.17, 15) is 23.9 Å². The second kappa shape index (κ2) is 7.12. The van der Waals surface area contributed by atoms with Crippen molar-refractivity contribution in [2.75, 3.05) is 6.54 Å². The Balaban J connectivity index is 2.16. The number of aromatic hydroxyl groups is 1. The average molecular weight is 394 g/mol. The Kier molecular flexibility index (Phi) is 4.87. The van der Waals surface area contributed by atoms with Gasteiger partial charge in [0.1, 0.15) is 23.4 Å². The number of amides is 1. The molecule has 2 heterocycles. The molecule has 0 saturated carbocycles. The number of hydrogen-bond acceptors (Lipinski definition) is 4. The average Bonchev–Trinajstić information content (AvgIpc) is 3.00. The van der Waals surface area contributed by atoms with Crippen molar-refractivity contribution in [2.45, 2.75) is 6.54 Å². The molecule has 0 fully saturated rings. The first kappa shape index (κ1) is 18.5. The Hall–Kier alpha value is -3.33. The van der Waals surface area contributed by atoms with E-state index in [1.165, 1.54) is 41.0 Å². The van der Waals surface area contributed by atoms with Crippen LogP contribution in [0.5, 0.6) is 5.75 Å². The summed E-state index contributed by atoms with van der Waals surface area (Å²) in [6.07, 6.45) is 1.38. The zero-order valence-electron chi connectivity index (χ0n) is 13.6. The van der Waals surface area contributed by atoms with Gasteiger partial charge in [0.05, 0.1) is 11.6 Å². The van der Waals surface area contributed by atoms with Crippen molar-refractivity contribution in [2.24, 2.45) is 0 Å². The van der Waals surface area contributed by atoms with Crippen LogP contribution in [0.15, 0.2) is 41.3 Å². The smallest absolute Gasteiger partial charge is 0.322 e. The number of nitrogens with zero attached hydrogens (tertiary/aromatic N) is 2. The second-order valence-corrected chi connectivity index (χ2v) is 6.11. The predicted molar refractivity (Wildman–Crippen MR) is 93.8 cm³/mol. The van der Waals surface area contributed by atoms with Crippen molar-refractivity contribution >= 4 is 29.0 Å². The van der Waals surface area contributed by atoms with Crippen molar-refractivity contribution in [1.29, 1.82) is 0 Å². The molecular weight excluding hydrogens is 381 g/mol. The molecule has 0 radical (unpaired) electrons. The second-order valence-electron chi connectivity index (χ2n) is 5.68. The fourth-order valence-corrected chi connectivity index (χ4v) is 2.81. The summed E-state index contributed by atoms with van der Waals surface area (Å²) in [6.45, 7) is -0.761. The zero-order chi connectivity index (χ0) is 19.7. The van der Waals surface area contributed by atoms with Crippen LogP contribution < -0.4 is 10.9 Å². The summed E-state index contributed by atoms with van der Waals surface area (Å²) >= 11 is 5.96. The highest BCUT2D eigenvalue weighted by atomic mass is 35.5. The minimum atomic E-state index is -1.30. The lowest BCUT2D eigenvalue weighted by Gasteiger charge is -2.14. The summed E-state index contributed by atoms with van der Waals surface area (Å²) in [5.74, 6) is -3.40. The molecule has 0 saturated heterocycles. The molecule has 0 spiro atoms. The number of fused-ring (bicyclic) bond motifs is 1. The van der Waals surface area contributed by atoms with Gasteiger partial charge in [-0.1, -0.05) is 23.7 Å². The number of nitrogens with one attached hydrogen (secondary N) is 1. The van der Waals surface area contributed by atoms with Crippen LogP contribution in [0.25, 0.3) is 5.52 Å². The SMILES string of the molecule is O=C(O)CNC(=O)c1c(O)c2cc(Cl)cn2n(Cc2ccc(F)cc2)c1=O. The lowest BCUT2D eigenvalue weighted by Crippen LogP contribution is -2.37. The Morgan fingerprint density at radius 1 is 1.22 bits per heavy atom. The monoisotopic (exact) mass is 393 g/mol. The fraction of sp³-hybridized carbons (Fsp3) is 0.118. The van der Waals surface area contributed by atoms with E-state index in [4.69, 9.17) is 16.7 Å². The topological polar surface area (TPSA) is 113 Å². The molecule has 1 amide bonds. The van der Waals surface area contributed by atoms with Gasteiger partial charge in [0.25, 0.3) is 11.5 Å². The third kappa shape index (κ3) is 3.63. The van der Waals surface area contributed by atoms with Gasteiger partial charge in [0, 0.05) is 6.20 Å². The molecule has 1 aromatic carbocycles. The van der Waals surface area contributed by atoms with Crippen molar-refractivity contribution < 1.29 is 24.2 Å². The van der Waals surface area contributed by atoms with Crippen LogP contribution in [0.2, 0.25) is 5.02 Å². The minimum absolute atomic E-state index is 0.0416. The summed E-state index contributed by atoms with van der Waals surface area (Å²) < 4.78 is 15.5.